The number of nitrogens with zero attached hydrogens (tertiary/aromatic N) is 1. The van der Waals surface area contributed by atoms with E-state index in [1.54, 1.807) is 0 Å². The van der Waals surface area contributed by atoms with Gasteiger partial charge in [0.05, 0.1) is 12.3 Å². The lowest BCUT2D eigenvalue weighted by molar-refractivity contribution is 0.251. The maximum Gasteiger partial charge on any atom is 0.118 e. The van der Waals surface area contributed by atoms with Crippen LogP contribution in [-0.4, -0.2) is 22.9 Å². The molecule has 0 spiro atoms. The Morgan fingerprint density at radius 3 is 2.79 bits per heavy atom. The molecule has 3 rings (SSSR count). The predicted molar refractivity (Wildman–Crippen MR) is 96.1 cm³/mol. The van der Waals surface area contributed by atoms with E-state index in [1.165, 1.54) is 24.1 Å². The van der Waals surface area contributed by atoms with Crippen molar-refractivity contribution in [1.29, 1.82) is 0 Å². The highest BCUT2D eigenvalue weighted by atomic mass is 16.3. The van der Waals surface area contributed by atoms with Gasteiger partial charge in [-0.25, -0.2) is 0 Å². The van der Waals surface area contributed by atoms with Crippen molar-refractivity contribution in [2.75, 3.05) is 6.61 Å². The maximum absolute atomic E-state index is 9.73. The SMILES string of the molecule is C=C(/C(=C\NC(C)c1ccccc1)CO)N1NC(C2CC2)=CC1N. The summed E-state index contributed by atoms with van der Waals surface area (Å²) in [5.74, 6) is 0.603. The van der Waals surface area contributed by atoms with Crippen molar-refractivity contribution in [3.63, 3.8) is 0 Å². The minimum absolute atomic E-state index is 0.100. The molecule has 1 saturated carbocycles. The van der Waals surface area contributed by atoms with Crippen molar-refractivity contribution in [2.24, 2.45) is 11.7 Å². The second-order valence-corrected chi connectivity index (χ2v) is 6.44. The Morgan fingerprint density at radius 1 is 1.46 bits per heavy atom. The van der Waals surface area contributed by atoms with E-state index < -0.39 is 0 Å². The van der Waals surface area contributed by atoms with Gasteiger partial charge < -0.3 is 21.6 Å². The fourth-order valence-corrected chi connectivity index (χ4v) is 2.82. The molecule has 1 aromatic carbocycles. The van der Waals surface area contributed by atoms with Crippen LogP contribution in [0.2, 0.25) is 0 Å². The fourth-order valence-electron chi connectivity index (χ4n) is 2.82. The molecule has 1 fully saturated rings. The predicted octanol–water partition coefficient (Wildman–Crippen LogP) is 2.13. The van der Waals surface area contributed by atoms with Crippen LogP contribution in [0.4, 0.5) is 0 Å². The van der Waals surface area contributed by atoms with E-state index in [0.717, 1.165) is 0 Å². The first kappa shape index (κ1) is 16.6. The van der Waals surface area contributed by atoms with Crippen molar-refractivity contribution in [3.05, 3.63) is 71.7 Å². The lowest BCUT2D eigenvalue weighted by Gasteiger charge is -2.28. The zero-order valence-electron chi connectivity index (χ0n) is 14.1. The van der Waals surface area contributed by atoms with E-state index in [-0.39, 0.29) is 18.8 Å². The normalized spacial score (nSPS) is 22.0. The number of benzene rings is 1. The molecule has 0 bridgehead atoms. The molecule has 0 saturated heterocycles. The minimum atomic E-state index is -0.255. The van der Waals surface area contributed by atoms with Crippen LogP contribution in [0.1, 0.15) is 31.4 Å². The number of hydrogen-bond acceptors (Lipinski definition) is 5. The lowest BCUT2D eigenvalue weighted by Crippen LogP contribution is -2.43. The van der Waals surface area contributed by atoms with E-state index >= 15 is 0 Å². The van der Waals surface area contributed by atoms with Gasteiger partial charge in [0.1, 0.15) is 6.17 Å². The summed E-state index contributed by atoms with van der Waals surface area (Å²) in [6.07, 6.45) is 6.03. The van der Waals surface area contributed by atoms with Gasteiger partial charge in [-0.15, -0.1) is 0 Å². The lowest BCUT2D eigenvalue weighted by atomic mass is 10.1. The number of aliphatic hydroxyl groups is 1. The molecule has 5 nitrogen and oxygen atoms in total. The van der Waals surface area contributed by atoms with Gasteiger partial charge >= 0.3 is 0 Å². The molecule has 2 aliphatic rings. The summed E-state index contributed by atoms with van der Waals surface area (Å²) in [5, 5.41) is 14.9. The summed E-state index contributed by atoms with van der Waals surface area (Å²) >= 11 is 0. The Bertz CT molecular complexity index is 649. The number of aliphatic hydroxyl groups excluding tert-OH is 1. The van der Waals surface area contributed by atoms with Crippen LogP contribution in [0.3, 0.4) is 0 Å². The zero-order valence-corrected chi connectivity index (χ0v) is 14.1. The van der Waals surface area contributed by atoms with E-state index in [4.69, 9.17) is 5.73 Å². The van der Waals surface area contributed by atoms with E-state index in [1.807, 2.05) is 35.5 Å². The quantitative estimate of drug-likeness (QED) is 0.578. The highest BCUT2D eigenvalue weighted by molar-refractivity contribution is 5.32. The second-order valence-electron chi connectivity index (χ2n) is 6.44. The van der Waals surface area contributed by atoms with Gasteiger partial charge in [0, 0.05) is 29.4 Å². The van der Waals surface area contributed by atoms with Crippen LogP contribution < -0.4 is 16.5 Å². The van der Waals surface area contributed by atoms with Crippen LogP contribution in [-0.2, 0) is 0 Å². The highest BCUT2D eigenvalue weighted by Crippen LogP contribution is 2.37. The molecule has 1 heterocycles. The van der Waals surface area contributed by atoms with Gasteiger partial charge in [0.2, 0.25) is 0 Å². The number of rotatable bonds is 7. The molecule has 2 atom stereocenters. The van der Waals surface area contributed by atoms with Crippen LogP contribution in [0.5, 0.6) is 0 Å². The molecular formula is C19H26N4O. The van der Waals surface area contributed by atoms with Gasteiger partial charge in [-0.1, -0.05) is 36.9 Å². The summed E-state index contributed by atoms with van der Waals surface area (Å²) in [4.78, 5) is 0. The molecular weight excluding hydrogens is 300 g/mol. The third-order valence-electron chi connectivity index (χ3n) is 4.55. The summed E-state index contributed by atoms with van der Waals surface area (Å²) in [5.41, 5.74) is 13.3. The van der Waals surface area contributed by atoms with Crippen molar-refractivity contribution in [1.82, 2.24) is 15.8 Å². The van der Waals surface area contributed by atoms with Gasteiger partial charge in [-0.2, -0.15) is 0 Å². The third kappa shape index (κ3) is 3.63. The van der Waals surface area contributed by atoms with Gasteiger partial charge in [0.15, 0.2) is 0 Å². The van der Waals surface area contributed by atoms with Crippen molar-refractivity contribution in [3.8, 4) is 0 Å². The number of hydrogen-bond donors (Lipinski definition) is 4. The van der Waals surface area contributed by atoms with Crippen molar-refractivity contribution in [2.45, 2.75) is 32.0 Å². The molecule has 1 aromatic rings. The maximum atomic E-state index is 9.73. The Morgan fingerprint density at radius 2 is 2.17 bits per heavy atom. The second kappa shape index (κ2) is 7.11. The number of nitrogens with one attached hydrogen (secondary N) is 2. The van der Waals surface area contributed by atoms with Crippen molar-refractivity contribution < 1.29 is 5.11 Å². The van der Waals surface area contributed by atoms with E-state index in [0.29, 0.717) is 17.2 Å². The summed E-state index contributed by atoms with van der Waals surface area (Å²) in [6, 6.07) is 10.3. The Kier molecular flexibility index (Phi) is 4.92. The van der Waals surface area contributed by atoms with Crippen molar-refractivity contribution >= 4 is 0 Å². The van der Waals surface area contributed by atoms with Crippen LogP contribution in [0.15, 0.2) is 66.2 Å². The van der Waals surface area contributed by atoms with E-state index in [2.05, 4.69) is 36.4 Å². The smallest absolute Gasteiger partial charge is 0.118 e. The minimum Gasteiger partial charge on any atom is -0.392 e. The van der Waals surface area contributed by atoms with Gasteiger partial charge in [-0.3, -0.25) is 5.01 Å². The molecule has 0 aromatic heterocycles. The summed E-state index contributed by atoms with van der Waals surface area (Å²) in [7, 11) is 0. The van der Waals surface area contributed by atoms with Crippen LogP contribution in [0, 0.1) is 5.92 Å². The first-order chi connectivity index (χ1) is 11.6. The zero-order chi connectivity index (χ0) is 17.1. The third-order valence-corrected chi connectivity index (χ3v) is 4.55. The highest BCUT2D eigenvalue weighted by Gasteiger charge is 2.33. The van der Waals surface area contributed by atoms with Gasteiger partial charge in [-0.05, 0) is 31.4 Å². The molecule has 2 unspecified atom stereocenters. The first-order valence-electron chi connectivity index (χ1n) is 8.43. The Balaban J connectivity index is 1.64. The molecule has 24 heavy (non-hydrogen) atoms. The summed E-state index contributed by atoms with van der Waals surface area (Å²) < 4.78 is 0. The molecule has 0 radical (unpaired) electrons. The average Bonchev–Trinajstić information content (AvgIpc) is 3.38. The molecule has 5 N–H and O–H groups in total. The number of hydrazine groups is 1. The average molecular weight is 326 g/mol. The van der Waals surface area contributed by atoms with E-state index in [9.17, 15) is 5.11 Å². The molecule has 128 valence electrons. The summed E-state index contributed by atoms with van der Waals surface area (Å²) in [6.45, 7) is 6.08. The molecule has 0 amide bonds. The number of nitrogens with two attached hydrogens (primary N) is 1. The van der Waals surface area contributed by atoms with Gasteiger partial charge in [0.25, 0.3) is 0 Å². The fraction of sp³-hybridized carbons (Fsp3) is 0.368. The topological polar surface area (TPSA) is 73.5 Å². The standard InChI is InChI=1S/C19H26N4O/c1-13(15-6-4-3-5-7-15)21-11-17(12-24)14(2)23-19(20)10-18(22-23)16-8-9-16/h3-7,10-11,13,16,19,21-22,24H,2,8-9,12,20H2,1H3/b17-11-. The van der Waals surface area contributed by atoms with Crippen LogP contribution in [0.25, 0.3) is 0 Å². The molecule has 1 aliphatic heterocycles. The van der Waals surface area contributed by atoms with Crippen LogP contribution >= 0.6 is 0 Å². The Labute approximate surface area is 143 Å². The molecule has 1 aliphatic carbocycles. The Hall–Kier alpha value is -2.24. The first-order valence-corrected chi connectivity index (χ1v) is 8.43. The number of allylic oxidation sites excluding steroid dienone is 1. The monoisotopic (exact) mass is 326 g/mol. The molecule has 5 heteroatoms. The largest absolute Gasteiger partial charge is 0.392 e.